The number of rotatable bonds is 2. The highest BCUT2D eigenvalue weighted by Crippen LogP contribution is 2.21. The lowest BCUT2D eigenvalue weighted by atomic mass is 10.2. The maximum absolute atomic E-state index is 13.0. The summed E-state index contributed by atoms with van der Waals surface area (Å²) in [7, 11) is -2.88. The third kappa shape index (κ3) is 4.23. The molecule has 0 spiro atoms. The summed E-state index contributed by atoms with van der Waals surface area (Å²) in [5.41, 5.74) is 5.51. The van der Waals surface area contributed by atoms with E-state index in [1.54, 1.807) is 58.9 Å². The summed E-state index contributed by atoms with van der Waals surface area (Å²) in [6.45, 7) is 8.72. The number of anilines is 1. The minimum Gasteiger partial charge on any atom is -0.442 e. The molecule has 112 valence electrons. The third-order valence-corrected chi connectivity index (χ3v) is 5.11. The summed E-state index contributed by atoms with van der Waals surface area (Å²) in [6, 6.07) is 6.54. The Morgan fingerprint density at radius 3 is 2.15 bits per heavy atom. The number of carbonyl (C=O) groups excluding carboxylic acids is 1. The number of benzene rings is 1. The zero-order valence-electron chi connectivity index (χ0n) is 12.5. The maximum Gasteiger partial charge on any atom is 0.442 e. The molecule has 20 heavy (non-hydrogen) atoms. The summed E-state index contributed by atoms with van der Waals surface area (Å²) < 4.78 is 21.9. The molecule has 0 bridgehead atoms. The molecule has 0 radical (unpaired) electrons. The van der Waals surface area contributed by atoms with Crippen LogP contribution in [0.3, 0.4) is 0 Å². The van der Waals surface area contributed by atoms with Crippen LogP contribution in [0.5, 0.6) is 0 Å². The summed E-state index contributed by atoms with van der Waals surface area (Å²) in [5.74, 6) is 0. The van der Waals surface area contributed by atoms with Crippen LogP contribution in [0.2, 0.25) is 0 Å². The number of ether oxygens (including phenoxy) is 1. The molecule has 0 aliphatic heterocycles. The van der Waals surface area contributed by atoms with Crippen LogP contribution in [-0.2, 0) is 14.5 Å². The molecular formula is C14H22N2O3S. The van der Waals surface area contributed by atoms with Crippen molar-refractivity contribution in [2.24, 2.45) is 4.36 Å². The van der Waals surface area contributed by atoms with Gasteiger partial charge in [-0.1, -0.05) is 0 Å². The van der Waals surface area contributed by atoms with Gasteiger partial charge in [-0.3, -0.25) is 0 Å². The van der Waals surface area contributed by atoms with Gasteiger partial charge in [0.25, 0.3) is 0 Å². The van der Waals surface area contributed by atoms with E-state index in [0.29, 0.717) is 10.6 Å². The van der Waals surface area contributed by atoms with Gasteiger partial charge in [-0.05, 0) is 58.9 Å². The first-order valence-corrected chi connectivity index (χ1v) is 7.97. The van der Waals surface area contributed by atoms with Crippen LogP contribution in [0.25, 0.3) is 0 Å². The summed E-state index contributed by atoms with van der Waals surface area (Å²) in [6.07, 6.45) is -0.812. The van der Waals surface area contributed by atoms with Gasteiger partial charge in [0, 0.05) is 15.8 Å². The SMILES string of the molecule is CC(C)S(=O)(=NC(=O)OC(C)(C)C)c1ccc(N)cc1. The number of nitrogen functional groups attached to an aromatic ring is 1. The minimum absolute atomic E-state index is 0.321. The van der Waals surface area contributed by atoms with Crippen molar-refractivity contribution in [3.63, 3.8) is 0 Å². The number of hydrogen-bond acceptors (Lipinski definition) is 4. The van der Waals surface area contributed by atoms with Crippen LogP contribution >= 0.6 is 0 Å². The van der Waals surface area contributed by atoms with Crippen molar-refractivity contribution >= 4 is 21.5 Å². The molecule has 0 saturated heterocycles. The van der Waals surface area contributed by atoms with E-state index in [1.165, 1.54) is 0 Å². The van der Waals surface area contributed by atoms with Crippen molar-refractivity contribution in [3.05, 3.63) is 24.3 Å². The molecule has 0 fully saturated rings. The molecule has 1 atom stereocenters. The molecule has 5 nitrogen and oxygen atoms in total. The van der Waals surface area contributed by atoms with Crippen LogP contribution in [0.4, 0.5) is 10.5 Å². The van der Waals surface area contributed by atoms with Crippen molar-refractivity contribution in [2.45, 2.75) is 50.4 Å². The average Bonchev–Trinajstić information content (AvgIpc) is 2.26. The Morgan fingerprint density at radius 2 is 1.75 bits per heavy atom. The normalized spacial score (nSPS) is 14.7. The molecule has 2 N–H and O–H groups in total. The molecule has 1 unspecified atom stereocenters. The first-order chi connectivity index (χ1) is 9.04. The van der Waals surface area contributed by atoms with Crippen molar-refractivity contribution in [1.29, 1.82) is 0 Å². The highest BCUT2D eigenvalue weighted by atomic mass is 32.2. The van der Waals surface area contributed by atoms with Crippen LogP contribution < -0.4 is 5.73 Å². The van der Waals surface area contributed by atoms with Gasteiger partial charge < -0.3 is 10.5 Å². The van der Waals surface area contributed by atoms with Crippen molar-refractivity contribution in [2.75, 3.05) is 5.73 Å². The quantitative estimate of drug-likeness (QED) is 0.848. The Balaban J connectivity index is 3.26. The number of nitrogens with two attached hydrogens (primary N) is 1. The Morgan fingerprint density at radius 1 is 1.25 bits per heavy atom. The maximum atomic E-state index is 13.0. The molecule has 0 heterocycles. The van der Waals surface area contributed by atoms with Gasteiger partial charge in [0.2, 0.25) is 0 Å². The van der Waals surface area contributed by atoms with Gasteiger partial charge >= 0.3 is 6.09 Å². The van der Waals surface area contributed by atoms with Crippen LogP contribution in [0, 0.1) is 0 Å². The Bertz CT molecular complexity index is 592. The van der Waals surface area contributed by atoms with Gasteiger partial charge in [0.15, 0.2) is 0 Å². The van der Waals surface area contributed by atoms with Crippen molar-refractivity contribution in [1.82, 2.24) is 0 Å². The monoisotopic (exact) mass is 298 g/mol. The Labute approximate surface area is 120 Å². The van der Waals surface area contributed by atoms with E-state index in [9.17, 15) is 9.00 Å². The standard InChI is InChI=1S/C14H22N2O3S/c1-10(2)20(18,12-8-6-11(15)7-9-12)16-13(17)19-14(3,4)5/h6-10H,15H2,1-5H3. The lowest BCUT2D eigenvalue weighted by Gasteiger charge is -2.19. The predicted molar refractivity (Wildman–Crippen MR) is 81.1 cm³/mol. The summed E-state index contributed by atoms with van der Waals surface area (Å²) in [5, 5.41) is -0.321. The number of amides is 1. The molecule has 6 heteroatoms. The number of hydrogen-bond donors (Lipinski definition) is 1. The van der Waals surface area contributed by atoms with Gasteiger partial charge in [0.05, 0.1) is 9.73 Å². The smallest absolute Gasteiger partial charge is 0.442 e. The first kappa shape index (κ1) is 16.5. The van der Waals surface area contributed by atoms with Crippen LogP contribution in [0.1, 0.15) is 34.6 Å². The molecule has 1 rings (SSSR count). The molecule has 1 amide bonds. The highest BCUT2D eigenvalue weighted by Gasteiger charge is 2.22. The lowest BCUT2D eigenvalue weighted by molar-refractivity contribution is 0.0607. The van der Waals surface area contributed by atoms with E-state index in [4.69, 9.17) is 10.5 Å². The summed E-state index contributed by atoms with van der Waals surface area (Å²) in [4.78, 5) is 12.3. The molecule has 0 aromatic heterocycles. The molecular weight excluding hydrogens is 276 g/mol. The molecule has 0 aliphatic carbocycles. The number of nitrogens with zero attached hydrogens (tertiary/aromatic N) is 1. The van der Waals surface area contributed by atoms with Gasteiger partial charge in [0.1, 0.15) is 5.60 Å². The van der Waals surface area contributed by atoms with E-state index in [0.717, 1.165) is 0 Å². The molecule has 1 aromatic carbocycles. The van der Waals surface area contributed by atoms with Gasteiger partial charge in [-0.25, -0.2) is 9.00 Å². The van der Waals surface area contributed by atoms with Gasteiger partial charge in [-0.15, -0.1) is 4.36 Å². The first-order valence-electron chi connectivity index (χ1n) is 6.39. The van der Waals surface area contributed by atoms with E-state index in [-0.39, 0.29) is 5.25 Å². The lowest BCUT2D eigenvalue weighted by Crippen LogP contribution is -2.24. The van der Waals surface area contributed by atoms with Crippen LogP contribution in [0.15, 0.2) is 33.5 Å². The highest BCUT2D eigenvalue weighted by molar-refractivity contribution is 7.94. The zero-order valence-corrected chi connectivity index (χ0v) is 13.4. The Hall–Kier alpha value is -1.56. The van der Waals surface area contributed by atoms with Crippen molar-refractivity contribution in [3.8, 4) is 0 Å². The van der Waals surface area contributed by atoms with Gasteiger partial charge in [-0.2, -0.15) is 0 Å². The van der Waals surface area contributed by atoms with Crippen molar-refractivity contribution < 1.29 is 13.7 Å². The topological polar surface area (TPSA) is 81.8 Å². The van der Waals surface area contributed by atoms with E-state index in [1.807, 2.05) is 0 Å². The largest absolute Gasteiger partial charge is 0.442 e. The molecule has 0 aliphatic rings. The summed E-state index contributed by atoms with van der Waals surface area (Å²) >= 11 is 0. The molecule has 1 aromatic rings. The fraction of sp³-hybridized carbons (Fsp3) is 0.500. The molecule has 0 saturated carbocycles. The average molecular weight is 298 g/mol. The fourth-order valence-corrected chi connectivity index (χ4v) is 3.13. The van der Waals surface area contributed by atoms with Crippen LogP contribution in [-0.4, -0.2) is 21.2 Å². The van der Waals surface area contributed by atoms with E-state index >= 15 is 0 Å². The van der Waals surface area contributed by atoms with E-state index in [2.05, 4.69) is 4.36 Å². The second-order valence-corrected chi connectivity index (χ2v) is 8.49. The Kier molecular flexibility index (Phi) is 4.81. The third-order valence-electron chi connectivity index (χ3n) is 2.46. The fourth-order valence-electron chi connectivity index (χ4n) is 1.48. The predicted octanol–water partition coefficient (Wildman–Crippen LogP) is 3.44. The number of carbonyl (C=O) groups is 1. The van der Waals surface area contributed by atoms with E-state index < -0.39 is 21.4 Å². The zero-order chi connectivity index (χ0) is 15.6. The minimum atomic E-state index is -2.88. The second-order valence-electron chi connectivity index (χ2n) is 5.76. The second kappa shape index (κ2) is 5.83.